The van der Waals surface area contributed by atoms with Gasteiger partial charge in [-0.15, -0.1) is 0 Å². The van der Waals surface area contributed by atoms with Gasteiger partial charge in [0.15, 0.2) is 0 Å². The second kappa shape index (κ2) is 15.6. The van der Waals surface area contributed by atoms with E-state index in [1.54, 1.807) is 16.8 Å². The van der Waals surface area contributed by atoms with Gasteiger partial charge in [-0.1, -0.05) is 106 Å². The Morgan fingerprint density at radius 3 is 2.39 bits per heavy atom. The first kappa shape index (κ1) is 34.7. The maximum Gasteiger partial charge on any atom is 0.258 e. The average Bonchev–Trinajstić information content (AvgIpc) is 3.66. The molecule has 7 heteroatoms. The van der Waals surface area contributed by atoms with E-state index in [2.05, 4.69) is 49.6 Å². The molecule has 0 spiro atoms. The van der Waals surface area contributed by atoms with Crippen molar-refractivity contribution >= 4 is 5.91 Å². The van der Waals surface area contributed by atoms with E-state index in [4.69, 9.17) is 4.74 Å². The summed E-state index contributed by atoms with van der Waals surface area (Å²) in [6, 6.07) is 27.2. The van der Waals surface area contributed by atoms with Gasteiger partial charge in [0.25, 0.3) is 11.5 Å². The Morgan fingerprint density at radius 1 is 0.980 bits per heavy atom. The molecule has 0 bridgehead atoms. The summed E-state index contributed by atoms with van der Waals surface area (Å²) in [7, 11) is 0. The SMILES string of the molecule is CCCC1(C)CC(NC[C@@H](O)[C@H](Cc2ccccc2)NC(=O)c2cc(-c3ccccc3)c(=O)n(C3CCCC3)c2)c2cc(CC)ccc2O1. The van der Waals surface area contributed by atoms with Crippen molar-refractivity contribution in [2.24, 2.45) is 0 Å². The monoisotopic (exact) mass is 661 g/mol. The number of carbonyl (C=O) groups excluding carboxylic acids is 1. The zero-order chi connectivity index (χ0) is 34.4. The standard InChI is InChI=1S/C42H51N3O4/c1-4-22-42(3)26-37(35-23-29(5-2)20-21-39(35)49-42)43-27-38(46)36(24-30-14-8-6-9-15-30)44-40(47)32-25-34(31-16-10-7-11-17-31)41(48)45(28-32)33-18-12-13-19-33/h6-11,14-17,20-21,23,25,28,33,36-38,43,46H,4-5,12-13,18-19,22,24,26-27H2,1-3H3,(H,44,47)/t36-,37?,38+,42?/m0/s1. The fourth-order valence-corrected chi connectivity index (χ4v) is 7.71. The number of amides is 1. The number of aryl methyl sites for hydroxylation is 1. The summed E-state index contributed by atoms with van der Waals surface area (Å²) in [6.07, 6.45) is 8.96. The molecule has 1 amide bonds. The van der Waals surface area contributed by atoms with Crippen molar-refractivity contribution in [2.75, 3.05) is 6.54 Å². The lowest BCUT2D eigenvalue weighted by molar-refractivity contribution is 0.0347. The van der Waals surface area contributed by atoms with Crippen LogP contribution < -0.4 is 20.9 Å². The minimum absolute atomic E-state index is 0.00192. The molecule has 2 heterocycles. The summed E-state index contributed by atoms with van der Waals surface area (Å²) in [5.41, 5.74) is 4.73. The number of hydrogen-bond acceptors (Lipinski definition) is 5. The highest BCUT2D eigenvalue weighted by Gasteiger charge is 2.37. The van der Waals surface area contributed by atoms with E-state index in [1.807, 2.05) is 60.7 Å². The van der Waals surface area contributed by atoms with Gasteiger partial charge in [-0.25, -0.2) is 0 Å². The number of fused-ring (bicyclic) bond motifs is 1. The largest absolute Gasteiger partial charge is 0.487 e. The van der Waals surface area contributed by atoms with Crippen LogP contribution in [0.25, 0.3) is 11.1 Å². The number of hydrogen-bond donors (Lipinski definition) is 3. The molecule has 2 aliphatic rings. The normalized spacial score (nSPS) is 20.3. The van der Waals surface area contributed by atoms with E-state index in [9.17, 15) is 14.7 Å². The van der Waals surface area contributed by atoms with Gasteiger partial charge < -0.3 is 25.0 Å². The number of pyridine rings is 1. The average molecular weight is 662 g/mol. The maximum absolute atomic E-state index is 14.1. The van der Waals surface area contributed by atoms with Crippen molar-refractivity contribution in [2.45, 2.75) is 108 Å². The van der Waals surface area contributed by atoms with Crippen LogP contribution in [0, 0.1) is 0 Å². The second-order valence-corrected chi connectivity index (χ2v) is 14.2. The minimum atomic E-state index is -0.878. The summed E-state index contributed by atoms with van der Waals surface area (Å²) < 4.78 is 8.31. The molecule has 2 unspecified atom stereocenters. The third kappa shape index (κ3) is 8.17. The zero-order valence-electron chi connectivity index (χ0n) is 29.2. The number of rotatable bonds is 13. The van der Waals surface area contributed by atoms with Crippen molar-refractivity contribution in [3.63, 3.8) is 0 Å². The number of ether oxygens (including phenoxy) is 1. The van der Waals surface area contributed by atoms with Crippen molar-refractivity contribution in [1.29, 1.82) is 0 Å². The Hall–Kier alpha value is -4.20. The molecule has 4 aromatic rings. The molecular weight excluding hydrogens is 610 g/mol. The van der Waals surface area contributed by atoms with Crippen LogP contribution in [-0.4, -0.2) is 39.9 Å². The van der Waals surface area contributed by atoms with Crippen LogP contribution in [0.5, 0.6) is 5.75 Å². The highest BCUT2D eigenvalue weighted by Crippen LogP contribution is 2.42. The molecule has 3 aromatic carbocycles. The van der Waals surface area contributed by atoms with Crippen molar-refractivity contribution in [3.05, 3.63) is 124 Å². The van der Waals surface area contributed by atoms with E-state index < -0.39 is 12.1 Å². The Labute approximate surface area is 290 Å². The Kier molecular flexibility index (Phi) is 11.0. The first-order valence-electron chi connectivity index (χ1n) is 18.2. The summed E-state index contributed by atoms with van der Waals surface area (Å²) in [4.78, 5) is 27.9. The van der Waals surface area contributed by atoms with E-state index >= 15 is 0 Å². The van der Waals surface area contributed by atoms with Crippen LogP contribution >= 0.6 is 0 Å². The first-order chi connectivity index (χ1) is 23.8. The van der Waals surface area contributed by atoms with Crippen LogP contribution in [0.3, 0.4) is 0 Å². The molecule has 0 saturated heterocycles. The van der Waals surface area contributed by atoms with Crippen LogP contribution in [0.15, 0.2) is 95.9 Å². The number of carbonyl (C=O) groups is 1. The van der Waals surface area contributed by atoms with Gasteiger partial charge in [-0.3, -0.25) is 9.59 Å². The number of aliphatic hydroxyl groups excluding tert-OH is 1. The summed E-state index contributed by atoms with van der Waals surface area (Å²) in [5, 5.41) is 18.7. The van der Waals surface area contributed by atoms with Gasteiger partial charge in [-0.2, -0.15) is 0 Å². The highest BCUT2D eigenvalue weighted by atomic mass is 16.5. The molecule has 3 N–H and O–H groups in total. The number of aliphatic hydroxyl groups is 1. The van der Waals surface area contributed by atoms with Crippen LogP contribution in [-0.2, 0) is 12.8 Å². The van der Waals surface area contributed by atoms with Crippen molar-refractivity contribution in [1.82, 2.24) is 15.2 Å². The van der Waals surface area contributed by atoms with Crippen LogP contribution in [0.1, 0.15) is 105 Å². The predicted octanol–water partition coefficient (Wildman–Crippen LogP) is 7.57. The topological polar surface area (TPSA) is 92.6 Å². The predicted molar refractivity (Wildman–Crippen MR) is 196 cm³/mol. The van der Waals surface area contributed by atoms with Crippen LogP contribution in [0.4, 0.5) is 0 Å². The molecule has 1 aromatic heterocycles. The lowest BCUT2D eigenvalue weighted by atomic mass is 9.84. The van der Waals surface area contributed by atoms with E-state index in [0.717, 1.165) is 73.8 Å². The van der Waals surface area contributed by atoms with Crippen molar-refractivity contribution in [3.8, 4) is 16.9 Å². The minimum Gasteiger partial charge on any atom is -0.487 e. The fourth-order valence-electron chi connectivity index (χ4n) is 7.71. The molecule has 258 valence electrons. The highest BCUT2D eigenvalue weighted by molar-refractivity contribution is 5.95. The third-order valence-electron chi connectivity index (χ3n) is 10.4. The van der Waals surface area contributed by atoms with Gasteiger partial charge in [0.1, 0.15) is 11.4 Å². The van der Waals surface area contributed by atoms with Gasteiger partial charge in [0, 0.05) is 42.4 Å². The fraction of sp³-hybridized carbons (Fsp3) is 0.429. The van der Waals surface area contributed by atoms with Gasteiger partial charge in [0.05, 0.1) is 17.7 Å². The second-order valence-electron chi connectivity index (χ2n) is 14.2. The number of nitrogens with zero attached hydrogens (tertiary/aromatic N) is 1. The third-order valence-corrected chi connectivity index (χ3v) is 10.4. The number of nitrogens with one attached hydrogen (secondary N) is 2. The Bertz CT molecular complexity index is 1770. The molecule has 7 nitrogen and oxygen atoms in total. The molecule has 1 fully saturated rings. The van der Waals surface area contributed by atoms with Crippen LogP contribution in [0.2, 0.25) is 0 Å². The zero-order valence-corrected chi connectivity index (χ0v) is 29.2. The van der Waals surface area contributed by atoms with E-state index in [-0.39, 0.29) is 35.7 Å². The summed E-state index contributed by atoms with van der Waals surface area (Å²) in [5.74, 6) is 0.593. The Morgan fingerprint density at radius 2 is 1.69 bits per heavy atom. The lowest BCUT2D eigenvalue weighted by Crippen LogP contribution is -2.50. The Balaban J connectivity index is 1.27. The van der Waals surface area contributed by atoms with E-state index in [0.29, 0.717) is 17.5 Å². The molecular formula is C42H51N3O4. The molecule has 4 atom stereocenters. The van der Waals surface area contributed by atoms with E-state index in [1.165, 1.54) is 5.56 Å². The number of aromatic nitrogens is 1. The quantitative estimate of drug-likeness (QED) is 0.138. The molecule has 6 rings (SSSR count). The molecule has 49 heavy (non-hydrogen) atoms. The summed E-state index contributed by atoms with van der Waals surface area (Å²) >= 11 is 0. The smallest absolute Gasteiger partial charge is 0.258 e. The van der Waals surface area contributed by atoms with Gasteiger partial charge in [0.2, 0.25) is 0 Å². The van der Waals surface area contributed by atoms with Gasteiger partial charge >= 0.3 is 0 Å². The maximum atomic E-state index is 14.1. The molecule has 1 aliphatic heterocycles. The number of benzene rings is 3. The first-order valence-corrected chi connectivity index (χ1v) is 18.2. The lowest BCUT2D eigenvalue weighted by Gasteiger charge is -2.41. The summed E-state index contributed by atoms with van der Waals surface area (Å²) in [6.45, 7) is 6.79. The van der Waals surface area contributed by atoms with Crippen molar-refractivity contribution < 1.29 is 14.6 Å². The molecule has 1 aliphatic carbocycles. The van der Waals surface area contributed by atoms with Gasteiger partial charge in [-0.05, 0) is 67.9 Å². The molecule has 0 radical (unpaired) electrons. The molecule has 1 saturated carbocycles.